The second-order valence-electron chi connectivity index (χ2n) is 6.18. The molecule has 1 aromatic carbocycles. The predicted octanol–water partition coefficient (Wildman–Crippen LogP) is 3.47. The fraction of sp³-hybridized carbons (Fsp3) is 0.389. The Kier molecular flexibility index (Phi) is 5.20. The van der Waals surface area contributed by atoms with Gasteiger partial charge in [0, 0.05) is 24.9 Å². The molecular weight excluding hydrogens is 340 g/mol. The van der Waals surface area contributed by atoms with Crippen LogP contribution in [-0.2, 0) is 6.54 Å². The number of para-hydroxylation sites is 1. The van der Waals surface area contributed by atoms with E-state index < -0.39 is 0 Å². The number of aryl methyl sites for hydroxylation is 2. The fourth-order valence-electron chi connectivity index (χ4n) is 3.19. The van der Waals surface area contributed by atoms with E-state index in [4.69, 9.17) is 16.7 Å². The average Bonchev–Trinajstić information content (AvgIpc) is 2.58. The Hall–Kier alpha value is -2.18. The van der Waals surface area contributed by atoms with Gasteiger partial charge in [-0.2, -0.15) is 4.98 Å². The SMILES string of the molecule is Cc1cccc(C)c1N1Cc2cnc(Cl)nc2N(CCCCO)C1=O. The number of amides is 2. The summed E-state index contributed by atoms with van der Waals surface area (Å²) in [5, 5.41) is 9.17. The first-order valence-corrected chi connectivity index (χ1v) is 8.68. The van der Waals surface area contributed by atoms with Gasteiger partial charge in [-0.15, -0.1) is 0 Å². The standard InChI is InChI=1S/C18H21ClN4O2/c1-12-6-5-7-13(2)15(12)23-11-14-10-20-17(19)21-16(14)22(18(23)25)8-3-4-9-24/h5-7,10,24H,3-4,8-9,11H2,1-2H3. The summed E-state index contributed by atoms with van der Waals surface area (Å²) >= 11 is 5.94. The van der Waals surface area contributed by atoms with Gasteiger partial charge in [0.05, 0.1) is 12.2 Å². The van der Waals surface area contributed by atoms with Gasteiger partial charge < -0.3 is 5.11 Å². The highest BCUT2D eigenvalue weighted by atomic mass is 35.5. The first-order chi connectivity index (χ1) is 12.0. The summed E-state index contributed by atoms with van der Waals surface area (Å²) in [6.45, 7) is 4.98. The number of aromatic nitrogens is 2. The first-order valence-electron chi connectivity index (χ1n) is 8.30. The van der Waals surface area contributed by atoms with Crippen LogP contribution in [0.15, 0.2) is 24.4 Å². The third-order valence-corrected chi connectivity index (χ3v) is 4.54. The summed E-state index contributed by atoms with van der Waals surface area (Å²) in [5.74, 6) is 0.561. The van der Waals surface area contributed by atoms with Crippen molar-refractivity contribution in [2.75, 3.05) is 23.0 Å². The third kappa shape index (κ3) is 3.45. The molecule has 0 unspecified atom stereocenters. The molecule has 0 atom stereocenters. The molecule has 1 aliphatic heterocycles. The predicted molar refractivity (Wildman–Crippen MR) is 98.2 cm³/mol. The molecule has 0 radical (unpaired) electrons. The van der Waals surface area contributed by atoms with Crippen LogP contribution in [0.1, 0.15) is 29.5 Å². The normalized spacial score (nSPS) is 14.0. The van der Waals surface area contributed by atoms with Gasteiger partial charge in [0.1, 0.15) is 5.82 Å². The van der Waals surface area contributed by atoms with Crippen molar-refractivity contribution in [1.82, 2.24) is 9.97 Å². The molecule has 132 valence electrons. The lowest BCUT2D eigenvalue weighted by Crippen LogP contribution is -2.48. The molecule has 0 aliphatic carbocycles. The van der Waals surface area contributed by atoms with E-state index in [2.05, 4.69) is 9.97 Å². The Bertz CT molecular complexity index is 776. The zero-order chi connectivity index (χ0) is 18.0. The van der Waals surface area contributed by atoms with Gasteiger partial charge in [0.2, 0.25) is 5.28 Å². The number of carbonyl (C=O) groups excluding carboxylic acids is 1. The van der Waals surface area contributed by atoms with Gasteiger partial charge in [0.25, 0.3) is 0 Å². The van der Waals surface area contributed by atoms with Crippen LogP contribution in [0, 0.1) is 13.8 Å². The van der Waals surface area contributed by atoms with Crippen LogP contribution < -0.4 is 9.80 Å². The van der Waals surface area contributed by atoms with Gasteiger partial charge in [-0.3, -0.25) is 9.80 Å². The summed E-state index contributed by atoms with van der Waals surface area (Å²) in [7, 11) is 0. The minimum atomic E-state index is -0.127. The molecule has 1 N–H and O–H groups in total. The van der Waals surface area contributed by atoms with Crippen LogP contribution in [0.5, 0.6) is 0 Å². The van der Waals surface area contributed by atoms with E-state index in [1.807, 2.05) is 32.0 Å². The van der Waals surface area contributed by atoms with Crippen LogP contribution in [0.3, 0.4) is 0 Å². The maximum absolute atomic E-state index is 13.2. The van der Waals surface area contributed by atoms with E-state index in [9.17, 15) is 4.79 Å². The second kappa shape index (κ2) is 7.37. The van der Waals surface area contributed by atoms with E-state index in [1.165, 1.54) is 0 Å². The first kappa shape index (κ1) is 17.6. The highest BCUT2D eigenvalue weighted by molar-refractivity contribution is 6.28. The van der Waals surface area contributed by atoms with E-state index in [1.54, 1.807) is 16.0 Å². The summed E-state index contributed by atoms with van der Waals surface area (Å²) < 4.78 is 0. The zero-order valence-corrected chi connectivity index (χ0v) is 15.1. The monoisotopic (exact) mass is 360 g/mol. The number of halogens is 1. The van der Waals surface area contributed by atoms with Crippen molar-refractivity contribution in [3.8, 4) is 0 Å². The van der Waals surface area contributed by atoms with Crippen molar-refractivity contribution >= 4 is 29.1 Å². The number of hydrogen-bond acceptors (Lipinski definition) is 4. The molecule has 3 rings (SSSR count). The number of carbonyl (C=O) groups is 1. The number of urea groups is 1. The third-order valence-electron chi connectivity index (χ3n) is 4.36. The second-order valence-corrected chi connectivity index (χ2v) is 6.52. The molecule has 0 bridgehead atoms. The highest BCUT2D eigenvalue weighted by Gasteiger charge is 2.33. The molecule has 2 amide bonds. The van der Waals surface area contributed by atoms with Crippen molar-refractivity contribution in [2.45, 2.75) is 33.2 Å². The van der Waals surface area contributed by atoms with E-state index >= 15 is 0 Å². The number of fused-ring (bicyclic) bond motifs is 1. The summed E-state index contributed by atoms with van der Waals surface area (Å²) in [5.41, 5.74) is 3.86. The van der Waals surface area contributed by atoms with E-state index in [0.717, 1.165) is 22.4 Å². The van der Waals surface area contributed by atoms with E-state index in [-0.39, 0.29) is 17.9 Å². The largest absolute Gasteiger partial charge is 0.396 e. The fourth-order valence-corrected chi connectivity index (χ4v) is 3.31. The number of aliphatic hydroxyl groups excluding tert-OH is 1. The molecular formula is C18H21ClN4O2. The Morgan fingerprint density at radius 1 is 1.24 bits per heavy atom. The number of benzene rings is 1. The van der Waals surface area contributed by atoms with Gasteiger partial charge in [-0.25, -0.2) is 9.78 Å². The molecule has 2 aromatic rings. The minimum Gasteiger partial charge on any atom is -0.396 e. The quantitative estimate of drug-likeness (QED) is 0.654. The van der Waals surface area contributed by atoms with Crippen LogP contribution in [0.2, 0.25) is 5.28 Å². The van der Waals surface area contributed by atoms with Gasteiger partial charge in [-0.1, -0.05) is 18.2 Å². The lowest BCUT2D eigenvalue weighted by atomic mass is 10.1. The average molecular weight is 361 g/mol. The molecule has 25 heavy (non-hydrogen) atoms. The molecule has 1 aromatic heterocycles. The molecule has 7 heteroatoms. The Morgan fingerprint density at radius 2 is 1.96 bits per heavy atom. The molecule has 0 fully saturated rings. The molecule has 1 aliphatic rings. The Morgan fingerprint density at radius 3 is 2.64 bits per heavy atom. The van der Waals surface area contributed by atoms with Crippen LogP contribution in [0.25, 0.3) is 0 Å². The van der Waals surface area contributed by atoms with Crippen molar-refractivity contribution in [3.63, 3.8) is 0 Å². The van der Waals surface area contributed by atoms with Crippen molar-refractivity contribution in [1.29, 1.82) is 0 Å². The van der Waals surface area contributed by atoms with Crippen molar-refractivity contribution in [2.24, 2.45) is 0 Å². The molecule has 0 saturated carbocycles. The molecule has 0 saturated heterocycles. The number of aliphatic hydroxyl groups is 1. The Balaban J connectivity index is 2.03. The van der Waals surface area contributed by atoms with Gasteiger partial charge in [0.15, 0.2) is 0 Å². The lowest BCUT2D eigenvalue weighted by Gasteiger charge is -2.37. The maximum atomic E-state index is 13.2. The highest BCUT2D eigenvalue weighted by Crippen LogP contribution is 2.34. The summed E-state index contributed by atoms with van der Waals surface area (Å²) in [6.07, 6.45) is 2.99. The topological polar surface area (TPSA) is 69.6 Å². The smallest absolute Gasteiger partial charge is 0.330 e. The zero-order valence-electron chi connectivity index (χ0n) is 14.4. The van der Waals surface area contributed by atoms with Gasteiger partial charge in [-0.05, 0) is 49.4 Å². The molecule has 0 spiro atoms. The maximum Gasteiger partial charge on any atom is 0.330 e. The molecule has 6 nitrogen and oxygen atoms in total. The van der Waals surface area contributed by atoms with Crippen LogP contribution in [-0.4, -0.2) is 34.3 Å². The number of nitrogens with zero attached hydrogens (tertiary/aromatic N) is 4. The van der Waals surface area contributed by atoms with Crippen molar-refractivity contribution in [3.05, 3.63) is 46.4 Å². The van der Waals surface area contributed by atoms with Gasteiger partial charge >= 0.3 is 6.03 Å². The number of hydrogen-bond donors (Lipinski definition) is 1. The Labute approximate surface area is 152 Å². The van der Waals surface area contributed by atoms with E-state index in [0.29, 0.717) is 31.7 Å². The lowest BCUT2D eigenvalue weighted by molar-refractivity contribution is 0.248. The number of anilines is 2. The number of rotatable bonds is 5. The summed E-state index contributed by atoms with van der Waals surface area (Å²) in [4.78, 5) is 24.9. The van der Waals surface area contributed by atoms with Crippen LogP contribution in [0.4, 0.5) is 16.3 Å². The molecule has 2 heterocycles. The van der Waals surface area contributed by atoms with Crippen molar-refractivity contribution < 1.29 is 9.90 Å². The summed E-state index contributed by atoms with van der Waals surface area (Å²) in [6, 6.07) is 5.86. The van der Waals surface area contributed by atoms with Crippen LogP contribution >= 0.6 is 11.6 Å². The number of unbranched alkanes of at least 4 members (excludes halogenated alkanes) is 1. The minimum absolute atomic E-state index is 0.0973.